The van der Waals surface area contributed by atoms with Crippen LogP contribution in [0.4, 0.5) is 5.82 Å². The van der Waals surface area contributed by atoms with E-state index in [9.17, 15) is 0 Å². The van der Waals surface area contributed by atoms with Crippen LogP contribution in [0.15, 0.2) is 66.7 Å². The summed E-state index contributed by atoms with van der Waals surface area (Å²) in [5.74, 6) is 2.38. The van der Waals surface area contributed by atoms with Crippen LogP contribution in [0.2, 0.25) is 0 Å². The molecule has 5 nitrogen and oxygen atoms in total. The van der Waals surface area contributed by atoms with Crippen LogP contribution in [0.5, 0.6) is 11.5 Å². The monoisotopic (exact) mass is 387 g/mol. The van der Waals surface area contributed by atoms with Crippen molar-refractivity contribution in [2.24, 2.45) is 0 Å². The molecular weight excluding hydrogens is 362 g/mol. The lowest BCUT2D eigenvalue weighted by molar-refractivity contribution is 0.355. The normalized spacial score (nSPS) is 10.9. The topological polar surface area (TPSA) is 47.8 Å². The number of ether oxygens (including phenoxy) is 2. The fourth-order valence-corrected chi connectivity index (χ4v) is 3.57. The van der Waals surface area contributed by atoms with Crippen molar-refractivity contribution in [2.45, 2.75) is 13.3 Å². The van der Waals surface area contributed by atoms with Crippen LogP contribution in [0, 0.1) is 6.92 Å². The number of hydrogen-bond donors (Lipinski definition) is 1. The van der Waals surface area contributed by atoms with Gasteiger partial charge in [-0.1, -0.05) is 36.4 Å². The number of methoxy groups -OCH3 is 2. The molecule has 0 saturated carbocycles. The van der Waals surface area contributed by atoms with Gasteiger partial charge in [-0.3, -0.25) is 4.40 Å². The number of fused-ring (bicyclic) bond motifs is 1. The summed E-state index contributed by atoms with van der Waals surface area (Å²) >= 11 is 0. The molecule has 0 spiro atoms. The van der Waals surface area contributed by atoms with Crippen molar-refractivity contribution in [1.29, 1.82) is 0 Å². The summed E-state index contributed by atoms with van der Waals surface area (Å²) in [6, 6.07) is 22.5. The van der Waals surface area contributed by atoms with Crippen LogP contribution in [0.1, 0.15) is 11.3 Å². The highest BCUT2D eigenvalue weighted by Crippen LogP contribution is 2.36. The van der Waals surface area contributed by atoms with E-state index >= 15 is 0 Å². The first-order valence-electron chi connectivity index (χ1n) is 9.69. The van der Waals surface area contributed by atoms with E-state index in [0.717, 1.165) is 41.4 Å². The van der Waals surface area contributed by atoms with Crippen LogP contribution in [-0.2, 0) is 6.42 Å². The first-order valence-corrected chi connectivity index (χ1v) is 9.69. The maximum Gasteiger partial charge on any atom is 0.161 e. The van der Waals surface area contributed by atoms with Gasteiger partial charge in [0, 0.05) is 17.8 Å². The SMILES string of the molecule is COc1ccc(-c2nc3cccc(C)n3c2NCCc2ccccc2)cc1OC. The number of nitrogens with one attached hydrogen (secondary N) is 1. The minimum absolute atomic E-state index is 0.689. The molecule has 2 heterocycles. The van der Waals surface area contributed by atoms with E-state index in [2.05, 4.69) is 47.0 Å². The van der Waals surface area contributed by atoms with E-state index in [4.69, 9.17) is 14.5 Å². The molecule has 0 radical (unpaired) electrons. The summed E-state index contributed by atoms with van der Waals surface area (Å²) < 4.78 is 13.0. The van der Waals surface area contributed by atoms with Crippen molar-refractivity contribution >= 4 is 11.5 Å². The molecule has 4 aromatic rings. The van der Waals surface area contributed by atoms with E-state index in [0.29, 0.717) is 11.5 Å². The number of aryl methyl sites for hydroxylation is 1. The van der Waals surface area contributed by atoms with Gasteiger partial charge in [-0.2, -0.15) is 0 Å². The third kappa shape index (κ3) is 3.76. The van der Waals surface area contributed by atoms with E-state index < -0.39 is 0 Å². The van der Waals surface area contributed by atoms with Gasteiger partial charge in [-0.05, 0) is 49.2 Å². The smallest absolute Gasteiger partial charge is 0.161 e. The van der Waals surface area contributed by atoms with Gasteiger partial charge in [-0.25, -0.2) is 4.98 Å². The summed E-state index contributed by atoms with van der Waals surface area (Å²) in [5, 5.41) is 3.62. The molecule has 2 aromatic carbocycles. The van der Waals surface area contributed by atoms with Crippen molar-refractivity contribution < 1.29 is 9.47 Å². The molecule has 0 atom stereocenters. The molecule has 0 bridgehead atoms. The molecule has 29 heavy (non-hydrogen) atoms. The molecular formula is C24H25N3O2. The van der Waals surface area contributed by atoms with Gasteiger partial charge in [0.25, 0.3) is 0 Å². The van der Waals surface area contributed by atoms with Gasteiger partial charge in [0.05, 0.1) is 14.2 Å². The van der Waals surface area contributed by atoms with Crippen LogP contribution >= 0.6 is 0 Å². The molecule has 0 unspecified atom stereocenters. The summed E-state index contributed by atoms with van der Waals surface area (Å²) in [6.07, 6.45) is 0.936. The Bertz CT molecular complexity index is 1120. The zero-order chi connectivity index (χ0) is 20.2. The molecule has 0 aliphatic carbocycles. The molecule has 4 rings (SSSR count). The fraction of sp³-hybridized carbons (Fsp3) is 0.208. The lowest BCUT2D eigenvalue weighted by Crippen LogP contribution is -2.08. The van der Waals surface area contributed by atoms with Crippen molar-refractivity contribution in [2.75, 3.05) is 26.1 Å². The van der Waals surface area contributed by atoms with Gasteiger partial charge in [0.1, 0.15) is 17.2 Å². The molecule has 5 heteroatoms. The average molecular weight is 387 g/mol. The minimum atomic E-state index is 0.689. The standard InChI is InChI=1S/C24H25N3O2/c1-17-8-7-11-22-26-23(19-12-13-20(28-2)21(16-19)29-3)24(27(17)22)25-15-14-18-9-5-4-6-10-18/h4-13,16,25H,14-15H2,1-3H3. The van der Waals surface area contributed by atoms with E-state index in [1.54, 1.807) is 14.2 Å². The highest BCUT2D eigenvalue weighted by molar-refractivity contribution is 5.78. The zero-order valence-electron chi connectivity index (χ0n) is 17.0. The summed E-state index contributed by atoms with van der Waals surface area (Å²) in [4.78, 5) is 4.90. The maximum absolute atomic E-state index is 5.50. The summed E-state index contributed by atoms with van der Waals surface area (Å²) in [6.45, 7) is 2.90. The molecule has 2 aromatic heterocycles. The lowest BCUT2D eigenvalue weighted by atomic mass is 10.1. The second-order valence-electron chi connectivity index (χ2n) is 6.90. The van der Waals surface area contributed by atoms with E-state index in [1.807, 2.05) is 36.4 Å². The van der Waals surface area contributed by atoms with Crippen LogP contribution in [0.25, 0.3) is 16.9 Å². The summed E-state index contributed by atoms with van der Waals surface area (Å²) in [7, 11) is 3.29. The maximum atomic E-state index is 5.50. The Labute approximate surface area is 170 Å². The number of benzene rings is 2. The molecule has 0 amide bonds. The van der Waals surface area contributed by atoms with Crippen molar-refractivity contribution in [3.8, 4) is 22.8 Å². The third-order valence-electron chi connectivity index (χ3n) is 5.04. The largest absolute Gasteiger partial charge is 0.493 e. The number of aromatic nitrogens is 2. The third-order valence-corrected chi connectivity index (χ3v) is 5.04. The second-order valence-corrected chi connectivity index (χ2v) is 6.90. The predicted molar refractivity (Wildman–Crippen MR) is 117 cm³/mol. The molecule has 0 aliphatic rings. The zero-order valence-corrected chi connectivity index (χ0v) is 17.0. The quantitative estimate of drug-likeness (QED) is 0.486. The van der Waals surface area contributed by atoms with Gasteiger partial charge >= 0.3 is 0 Å². The number of nitrogens with zero attached hydrogens (tertiary/aromatic N) is 2. The Morgan fingerprint density at radius 3 is 2.45 bits per heavy atom. The second kappa shape index (κ2) is 8.27. The number of anilines is 1. The summed E-state index contributed by atoms with van der Waals surface area (Å²) in [5.41, 5.74) is 5.22. The number of imidazole rings is 1. The highest BCUT2D eigenvalue weighted by atomic mass is 16.5. The van der Waals surface area contributed by atoms with E-state index in [1.165, 1.54) is 5.56 Å². The van der Waals surface area contributed by atoms with Gasteiger partial charge in [0.15, 0.2) is 11.5 Å². The van der Waals surface area contributed by atoms with Crippen molar-refractivity contribution in [3.05, 3.63) is 78.0 Å². The van der Waals surface area contributed by atoms with Crippen molar-refractivity contribution in [1.82, 2.24) is 9.38 Å². The molecule has 0 saturated heterocycles. The first-order chi connectivity index (χ1) is 14.2. The highest BCUT2D eigenvalue weighted by Gasteiger charge is 2.17. The molecule has 148 valence electrons. The number of hydrogen-bond acceptors (Lipinski definition) is 4. The Morgan fingerprint density at radius 1 is 0.897 bits per heavy atom. The fourth-order valence-electron chi connectivity index (χ4n) is 3.57. The van der Waals surface area contributed by atoms with Crippen molar-refractivity contribution in [3.63, 3.8) is 0 Å². The lowest BCUT2D eigenvalue weighted by Gasteiger charge is -2.12. The number of pyridine rings is 1. The Hall–Kier alpha value is -3.47. The Balaban J connectivity index is 1.73. The predicted octanol–water partition coefficient (Wildman–Crippen LogP) is 4.98. The first kappa shape index (κ1) is 18.9. The van der Waals surface area contributed by atoms with Gasteiger partial charge in [-0.15, -0.1) is 0 Å². The minimum Gasteiger partial charge on any atom is -0.493 e. The Morgan fingerprint density at radius 2 is 1.69 bits per heavy atom. The van der Waals surface area contributed by atoms with Crippen LogP contribution < -0.4 is 14.8 Å². The van der Waals surface area contributed by atoms with E-state index in [-0.39, 0.29) is 0 Å². The van der Waals surface area contributed by atoms with Gasteiger partial charge in [0.2, 0.25) is 0 Å². The molecule has 0 fully saturated rings. The average Bonchev–Trinajstić information content (AvgIpc) is 3.14. The Kier molecular flexibility index (Phi) is 5.38. The number of rotatable bonds is 7. The van der Waals surface area contributed by atoms with Crippen LogP contribution in [0.3, 0.4) is 0 Å². The molecule has 0 aliphatic heterocycles. The van der Waals surface area contributed by atoms with Crippen LogP contribution in [-0.4, -0.2) is 30.1 Å². The van der Waals surface area contributed by atoms with Gasteiger partial charge < -0.3 is 14.8 Å². The molecule has 1 N–H and O–H groups in total.